The van der Waals surface area contributed by atoms with Gasteiger partial charge in [0.2, 0.25) is 0 Å². The molecule has 5 nitrogen and oxygen atoms in total. The molecule has 0 fully saturated rings. The van der Waals surface area contributed by atoms with Crippen molar-refractivity contribution in [2.75, 3.05) is 17.2 Å². The van der Waals surface area contributed by atoms with E-state index in [2.05, 4.69) is 10.6 Å². The number of anilines is 2. The molecule has 0 aliphatic rings. The van der Waals surface area contributed by atoms with Crippen LogP contribution in [0.15, 0.2) is 48.5 Å². The Morgan fingerprint density at radius 3 is 2.45 bits per heavy atom. The summed E-state index contributed by atoms with van der Waals surface area (Å²) in [5, 5.41) is 14.7. The Bertz CT molecular complexity index is 582. The topological polar surface area (TPSA) is 87.4 Å². The molecular weight excluding hydrogens is 254 g/mol. The van der Waals surface area contributed by atoms with Crippen LogP contribution < -0.4 is 16.4 Å². The van der Waals surface area contributed by atoms with Crippen molar-refractivity contribution >= 4 is 17.4 Å². The highest BCUT2D eigenvalue weighted by Crippen LogP contribution is 2.17. The molecule has 5 N–H and O–H groups in total. The second-order valence-electron chi connectivity index (χ2n) is 4.32. The smallest absolute Gasteiger partial charge is 0.323 e. The summed E-state index contributed by atoms with van der Waals surface area (Å²) in [5.41, 5.74) is 7.89. The van der Waals surface area contributed by atoms with Gasteiger partial charge in [-0.05, 0) is 48.9 Å². The minimum absolute atomic E-state index is 0.157. The summed E-state index contributed by atoms with van der Waals surface area (Å²) in [7, 11) is 0. The number of hydrogen-bond acceptors (Lipinski definition) is 3. The molecule has 2 aromatic rings. The predicted molar refractivity (Wildman–Crippen MR) is 79.9 cm³/mol. The van der Waals surface area contributed by atoms with Gasteiger partial charge in [0.25, 0.3) is 0 Å². The van der Waals surface area contributed by atoms with E-state index < -0.39 is 0 Å². The van der Waals surface area contributed by atoms with Crippen molar-refractivity contribution in [1.29, 1.82) is 0 Å². The number of phenolic OH excluding ortho intramolecular Hbond substituents is 1. The van der Waals surface area contributed by atoms with Gasteiger partial charge in [0.15, 0.2) is 0 Å². The lowest BCUT2D eigenvalue weighted by atomic mass is 10.1. The SMILES string of the molecule is NCCc1ccccc1NC(=O)Nc1ccc(O)cc1. The molecule has 20 heavy (non-hydrogen) atoms. The van der Waals surface area contributed by atoms with Crippen LogP contribution >= 0.6 is 0 Å². The van der Waals surface area contributed by atoms with E-state index in [1.807, 2.05) is 24.3 Å². The molecule has 0 radical (unpaired) electrons. The monoisotopic (exact) mass is 271 g/mol. The number of urea groups is 1. The fourth-order valence-corrected chi connectivity index (χ4v) is 1.85. The van der Waals surface area contributed by atoms with Crippen molar-refractivity contribution in [2.24, 2.45) is 5.73 Å². The quantitative estimate of drug-likeness (QED) is 0.644. The average Bonchev–Trinajstić information content (AvgIpc) is 2.44. The molecule has 0 aromatic heterocycles. The molecule has 0 spiro atoms. The van der Waals surface area contributed by atoms with Gasteiger partial charge in [-0.3, -0.25) is 0 Å². The fraction of sp³-hybridized carbons (Fsp3) is 0.133. The number of carbonyl (C=O) groups is 1. The minimum Gasteiger partial charge on any atom is -0.508 e. The molecule has 0 bridgehead atoms. The zero-order valence-electron chi connectivity index (χ0n) is 11.0. The van der Waals surface area contributed by atoms with Gasteiger partial charge in [-0.25, -0.2) is 4.79 Å². The molecule has 0 atom stereocenters. The molecule has 0 aliphatic heterocycles. The van der Waals surface area contributed by atoms with Gasteiger partial charge < -0.3 is 21.5 Å². The number of rotatable bonds is 4. The Kier molecular flexibility index (Phi) is 4.57. The highest BCUT2D eigenvalue weighted by molar-refractivity contribution is 6.00. The zero-order valence-corrected chi connectivity index (χ0v) is 11.0. The molecule has 5 heteroatoms. The van der Waals surface area contributed by atoms with Crippen molar-refractivity contribution < 1.29 is 9.90 Å². The van der Waals surface area contributed by atoms with Crippen LogP contribution in [0.2, 0.25) is 0 Å². The predicted octanol–water partition coefficient (Wildman–Crippen LogP) is 2.54. The summed E-state index contributed by atoms with van der Waals surface area (Å²) in [6, 6.07) is 13.5. The van der Waals surface area contributed by atoms with Crippen molar-refractivity contribution in [3.05, 3.63) is 54.1 Å². The van der Waals surface area contributed by atoms with Crippen LogP contribution in [-0.4, -0.2) is 17.7 Å². The van der Waals surface area contributed by atoms with Crippen LogP contribution in [0.25, 0.3) is 0 Å². The Labute approximate surface area is 117 Å². The second-order valence-corrected chi connectivity index (χ2v) is 4.32. The number of amides is 2. The van der Waals surface area contributed by atoms with Crippen molar-refractivity contribution in [3.8, 4) is 5.75 Å². The maximum Gasteiger partial charge on any atom is 0.323 e. The number of benzene rings is 2. The van der Waals surface area contributed by atoms with Crippen LogP contribution in [-0.2, 0) is 6.42 Å². The van der Waals surface area contributed by atoms with E-state index in [-0.39, 0.29) is 11.8 Å². The fourth-order valence-electron chi connectivity index (χ4n) is 1.85. The molecule has 104 valence electrons. The number of para-hydroxylation sites is 1. The second kappa shape index (κ2) is 6.58. The van der Waals surface area contributed by atoms with E-state index in [1.165, 1.54) is 12.1 Å². The van der Waals surface area contributed by atoms with Gasteiger partial charge in [0.05, 0.1) is 0 Å². The molecule has 2 aromatic carbocycles. The molecular formula is C15H17N3O2. The molecule has 0 saturated heterocycles. The standard InChI is InChI=1S/C15H17N3O2/c16-10-9-11-3-1-2-4-14(11)18-15(20)17-12-5-7-13(19)8-6-12/h1-8,19H,9-10,16H2,(H2,17,18,20). The molecule has 2 amide bonds. The number of hydrogen-bond donors (Lipinski definition) is 4. The number of nitrogens with one attached hydrogen (secondary N) is 2. The first kappa shape index (κ1) is 13.9. The average molecular weight is 271 g/mol. The van der Waals surface area contributed by atoms with Gasteiger partial charge in [-0.15, -0.1) is 0 Å². The van der Waals surface area contributed by atoms with Gasteiger partial charge in [0.1, 0.15) is 5.75 Å². The number of nitrogens with two attached hydrogens (primary N) is 1. The number of carbonyl (C=O) groups excluding carboxylic acids is 1. The first-order valence-electron chi connectivity index (χ1n) is 6.34. The Hall–Kier alpha value is -2.53. The highest BCUT2D eigenvalue weighted by Gasteiger charge is 2.06. The van der Waals surface area contributed by atoms with E-state index in [4.69, 9.17) is 5.73 Å². The third kappa shape index (κ3) is 3.73. The lowest BCUT2D eigenvalue weighted by Crippen LogP contribution is -2.20. The van der Waals surface area contributed by atoms with Gasteiger partial charge >= 0.3 is 6.03 Å². The van der Waals surface area contributed by atoms with Gasteiger partial charge in [-0.2, -0.15) is 0 Å². The van der Waals surface area contributed by atoms with Crippen molar-refractivity contribution in [1.82, 2.24) is 0 Å². The maximum absolute atomic E-state index is 11.9. The van der Waals surface area contributed by atoms with Gasteiger partial charge in [-0.1, -0.05) is 18.2 Å². The van der Waals surface area contributed by atoms with Crippen LogP contribution in [0.1, 0.15) is 5.56 Å². The normalized spacial score (nSPS) is 10.1. The first-order valence-corrected chi connectivity index (χ1v) is 6.34. The maximum atomic E-state index is 11.9. The van der Waals surface area contributed by atoms with E-state index in [0.717, 1.165) is 11.3 Å². The van der Waals surface area contributed by atoms with Crippen molar-refractivity contribution in [2.45, 2.75) is 6.42 Å². The highest BCUT2D eigenvalue weighted by atomic mass is 16.3. The summed E-state index contributed by atoms with van der Waals surface area (Å²) in [6.45, 7) is 0.526. The first-order chi connectivity index (χ1) is 9.69. The summed E-state index contributed by atoms with van der Waals surface area (Å²) >= 11 is 0. The zero-order chi connectivity index (χ0) is 14.4. The largest absolute Gasteiger partial charge is 0.508 e. The van der Waals surface area contributed by atoms with Crippen molar-refractivity contribution in [3.63, 3.8) is 0 Å². The lowest BCUT2D eigenvalue weighted by molar-refractivity contribution is 0.262. The summed E-state index contributed by atoms with van der Waals surface area (Å²) in [5.74, 6) is 0.157. The summed E-state index contributed by atoms with van der Waals surface area (Å²) < 4.78 is 0. The van der Waals surface area contributed by atoms with Gasteiger partial charge in [0, 0.05) is 11.4 Å². The molecule has 0 saturated carbocycles. The molecule has 0 unspecified atom stereocenters. The Morgan fingerprint density at radius 2 is 1.75 bits per heavy atom. The Balaban J connectivity index is 2.02. The van der Waals surface area contributed by atoms with E-state index in [1.54, 1.807) is 12.1 Å². The van der Waals surface area contributed by atoms with E-state index in [9.17, 15) is 9.90 Å². The lowest BCUT2D eigenvalue weighted by Gasteiger charge is -2.11. The van der Waals surface area contributed by atoms with Crippen LogP contribution in [0, 0.1) is 0 Å². The minimum atomic E-state index is -0.333. The molecule has 0 heterocycles. The van der Waals surface area contributed by atoms with Crippen LogP contribution in [0.4, 0.5) is 16.2 Å². The van der Waals surface area contributed by atoms with E-state index >= 15 is 0 Å². The molecule has 0 aliphatic carbocycles. The summed E-state index contributed by atoms with van der Waals surface area (Å²) in [4.78, 5) is 11.9. The van der Waals surface area contributed by atoms with Crippen LogP contribution in [0.5, 0.6) is 5.75 Å². The third-order valence-corrected chi connectivity index (χ3v) is 2.80. The van der Waals surface area contributed by atoms with Crippen LogP contribution in [0.3, 0.4) is 0 Å². The summed E-state index contributed by atoms with van der Waals surface area (Å²) in [6.07, 6.45) is 0.704. The third-order valence-electron chi connectivity index (χ3n) is 2.80. The molecule has 2 rings (SSSR count). The van der Waals surface area contributed by atoms with E-state index in [0.29, 0.717) is 18.7 Å². The Morgan fingerprint density at radius 1 is 1.05 bits per heavy atom. The number of phenols is 1. The number of aromatic hydroxyl groups is 1.